The van der Waals surface area contributed by atoms with Crippen molar-refractivity contribution >= 4 is 23.0 Å². The number of rotatable bonds is 3. The van der Waals surface area contributed by atoms with Crippen molar-refractivity contribution in [2.75, 3.05) is 25.1 Å². The van der Waals surface area contributed by atoms with Crippen molar-refractivity contribution in [3.63, 3.8) is 0 Å². The maximum atomic E-state index is 13.0. The van der Waals surface area contributed by atoms with Crippen LogP contribution in [0.5, 0.6) is 5.75 Å². The lowest BCUT2D eigenvalue weighted by Gasteiger charge is -2.39. The Balaban J connectivity index is 1.56. The second kappa shape index (κ2) is 6.75. The van der Waals surface area contributed by atoms with Gasteiger partial charge < -0.3 is 14.5 Å². The molecule has 1 atom stereocenters. The highest BCUT2D eigenvalue weighted by molar-refractivity contribution is 6.06. The van der Waals surface area contributed by atoms with Crippen molar-refractivity contribution in [3.05, 3.63) is 60.4 Å². The van der Waals surface area contributed by atoms with Gasteiger partial charge in [-0.25, -0.2) is 4.52 Å². The minimum atomic E-state index is -0.549. The van der Waals surface area contributed by atoms with E-state index in [0.717, 1.165) is 17.0 Å². The SMILES string of the molecule is COc1ccc(N2CCN(C(=O)c3cnn4ccccc34)C(C)C2=O)cc1. The Morgan fingerprint density at radius 3 is 2.67 bits per heavy atom. The van der Waals surface area contributed by atoms with Crippen LogP contribution in [0, 0.1) is 0 Å². The van der Waals surface area contributed by atoms with Gasteiger partial charge in [0.1, 0.15) is 11.8 Å². The summed E-state index contributed by atoms with van der Waals surface area (Å²) in [6, 6.07) is 12.4. The fourth-order valence-corrected chi connectivity index (χ4v) is 3.42. The second-order valence-corrected chi connectivity index (χ2v) is 6.45. The lowest BCUT2D eigenvalue weighted by molar-refractivity contribution is -0.124. The van der Waals surface area contributed by atoms with Gasteiger partial charge in [0.05, 0.1) is 24.4 Å². The summed E-state index contributed by atoms with van der Waals surface area (Å²) in [5.41, 5.74) is 2.05. The summed E-state index contributed by atoms with van der Waals surface area (Å²) in [5, 5.41) is 4.22. The minimum Gasteiger partial charge on any atom is -0.497 e. The molecule has 1 aromatic carbocycles. The number of amides is 2. The van der Waals surface area contributed by atoms with Crippen molar-refractivity contribution in [2.45, 2.75) is 13.0 Å². The fraction of sp³-hybridized carbons (Fsp3) is 0.250. The van der Waals surface area contributed by atoms with Crippen molar-refractivity contribution in [1.82, 2.24) is 14.5 Å². The zero-order valence-electron chi connectivity index (χ0n) is 15.2. The van der Waals surface area contributed by atoms with Gasteiger partial charge in [-0.15, -0.1) is 0 Å². The molecule has 0 saturated carbocycles. The number of methoxy groups -OCH3 is 1. The summed E-state index contributed by atoms with van der Waals surface area (Å²) in [5.74, 6) is 0.462. The quantitative estimate of drug-likeness (QED) is 0.715. The average Bonchev–Trinajstić information content (AvgIpc) is 3.14. The van der Waals surface area contributed by atoms with Crippen LogP contribution in [0.3, 0.4) is 0 Å². The predicted molar refractivity (Wildman–Crippen MR) is 101 cm³/mol. The van der Waals surface area contributed by atoms with Gasteiger partial charge >= 0.3 is 0 Å². The smallest absolute Gasteiger partial charge is 0.258 e. The Morgan fingerprint density at radius 2 is 1.93 bits per heavy atom. The van der Waals surface area contributed by atoms with Gasteiger partial charge in [0.25, 0.3) is 5.91 Å². The molecule has 0 N–H and O–H groups in total. The fourth-order valence-electron chi connectivity index (χ4n) is 3.42. The van der Waals surface area contributed by atoms with Crippen molar-refractivity contribution in [2.24, 2.45) is 0 Å². The number of carbonyl (C=O) groups excluding carboxylic acids is 2. The van der Waals surface area contributed by atoms with E-state index >= 15 is 0 Å². The van der Waals surface area contributed by atoms with Crippen LogP contribution in [0.1, 0.15) is 17.3 Å². The van der Waals surface area contributed by atoms with Crippen LogP contribution >= 0.6 is 0 Å². The largest absolute Gasteiger partial charge is 0.497 e. The molecule has 138 valence electrons. The summed E-state index contributed by atoms with van der Waals surface area (Å²) < 4.78 is 6.83. The molecule has 0 spiro atoms. The zero-order valence-corrected chi connectivity index (χ0v) is 15.2. The summed E-state index contributed by atoms with van der Waals surface area (Å²) in [6.45, 7) is 2.67. The van der Waals surface area contributed by atoms with Crippen LogP contribution in [0.4, 0.5) is 5.69 Å². The Labute approximate surface area is 156 Å². The molecule has 7 nitrogen and oxygen atoms in total. The molecule has 0 bridgehead atoms. The number of aromatic nitrogens is 2. The number of nitrogens with zero attached hydrogens (tertiary/aromatic N) is 4. The highest BCUT2D eigenvalue weighted by Crippen LogP contribution is 2.24. The van der Waals surface area contributed by atoms with Crippen LogP contribution in [0.2, 0.25) is 0 Å². The lowest BCUT2D eigenvalue weighted by Crippen LogP contribution is -2.57. The lowest BCUT2D eigenvalue weighted by atomic mass is 10.1. The van der Waals surface area contributed by atoms with Gasteiger partial charge in [0.2, 0.25) is 5.91 Å². The predicted octanol–water partition coefficient (Wildman–Crippen LogP) is 2.22. The Kier molecular flexibility index (Phi) is 4.27. The molecule has 4 rings (SSSR count). The molecule has 3 heterocycles. The number of ether oxygens (including phenoxy) is 1. The summed E-state index contributed by atoms with van der Waals surface area (Å²) in [4.78, 5) is 29.3. The number of benzene rings is 1. The molecular formula is C20H20N4O3. The van der Waals surface area contributed by atoms with Crippen molar-refractivity contribution in [3.8, 4) is 5.75 Å². The highest BCUT2D eigenvalue weighted by atomic mass is 16.5. The van der Waals surface area contributed by atoms with Crippen LogP contribution in [0.25, 0.3) is 5.52 Å². The van der Waals surface area contributed by atoms with Crippen LogP contribution in [-0.2, 0) is 4.79 Å². The molecule has 7 heteroatoms. The molecule has 3 aromatic rings. The van der Waals surface area contributed by atoms with E-state index in [-0.39, 0.29) is 11.8 Å². The maximum absolute atomic E-state index is 13.0. The Bertz CT molecular complexity index is 996. The van der Waals surface area contributed by atoms with Gasteiger partial charge in [0, 0.05) is 25.0 Å². The minimum absolute atomic E-state index is 0.101. The number of piperazine rings is 1. The third-order valence-electron chi connectivity index (χ3n) is 4.96. The summed E-state index contributed by atoms with van der Waals surface area (Å²) in [6.07, 6.45) is 3.35. The molecule has 1 unspecified atom stereocenters. The van der Waals surface area contributed by atoms with Gasteiger partial charge in [-0.2, -0.15) is 5.10 Å². The molecule has 2 amide bonds. The van der Waals surface area contributed by atoms with E-state index in [1.54, 1.807) is 40.7 Å². The van der Waals surface area contributed by atoms with E-state index < -0.39 is 6.04 Å². The second-order valence-electron chi connectivity index (χ2n) is 6.45. The first kappa shape index (κ1) is 17.1. The molecule has 1 aliphatic rings. The molecular weight excluding hydrogens is 344 g/mol. The topological polar surface area (TPSA) is 67.2 Å². The first-order chi connectivity index (χ1) is 13.1. The van der Waals surface area contributed by atoms with Gasteiger partial charge in [-0.3, -0.25) is 9.59 Å². The molecule has 1 aliphatic heterocycles. The standard InChI is InChI=1S/C20H20N4O3/c1-14-19(25)23(15-6-8-16(27-2)9-7-15)12-11-22(14)20(26)17-13-21-24-10-4-3-5-18(17)24/h3-10,13-14H,11-12H2,1-2H3. The third kappa shape index (κ3) is 2.91. The first-order valence-corrected chi connectivity index (χ1v) is 8.79. The number of carbonyl (C=O) groups is 2. The van der Waals surface area contributed by atoms with E-state index in [4.69, 9.17) is 4.74 Å². The molecule has 1 saturated heterocycles. The number of pyridine rings is 1. The average molecular weight is 364 g/mol. The highest BCUT2D eigenvalue weighted by Gasteiger charge is 2.36. The molecule has 1 fully saturated rings. The van der Waals surface area contributed by atoms with Crippen LogP contribution < -0.4 is 9.64 Å². The summed E-state index contributed by atoms with van der Waals surface area (Å²) >= 11 is 0. The van der Waals surface area contributed by atoms with Crippen molar-refractivity contribution in [1.29, 1.82) is 0 Å². The Morgan fingerprint density at radius 1 is 1.15 bits per heavy atom. The van der Waals surface area contributed by atoms with E-state index in [2.05, 4.69) is 5.10 Å². The Hall–Kier alpha value is -3.35. The van der Waals surface area contributed by atoms with E-state index in [1.165, 1.54) is 0 Å². The number of hydrogen-bond donors (Lipinski definition) is 0. The molecule has 0 aliphatic carbocycles. The van der Waals surface area contributed by atoms with Crippen molar-refractivity contribution < 1.29 is 14.3 Å². The molecule has 27 heavy (non-hydrogen) atoms. The first-order valence-electron chi connectivity index (χ1n) is 8.79. The molecule has 2 aromatic heterocycles. The van der Waals surface area contributed by atoms with Gasteiger partial charge in [-0.1, -0.05) is 6.07 Å². The monoisotopic (exact) mass is 364 g/mol. The van der Waals surface area contributed by atoms with E-state index in [9.17, 15) is 9.59 Å². The number of hydrogen-bond acceptors (Lipinski definition) is 4. The number of anilines is 1. The molecule has 0 radical (unpaired) electrons. The van der Waals surface area contributed by atoms with E-state index in [1.807, 2.05) is 42.5 Å². The maximum Gasteiger partial charge on any atom is 0.258 e. The summed E-state index contributed by atoms with van der Waals surface area (Å²) in [7, 11) is 1.60. The van der Waals surface area contributed by atoms with E-state index in [0.29, 0.717) is 18.7 Å². The normalized spacial score (nSPS) is 17.4. The van der Waals surface area contributed by atoms with Crippen LogP contribution in [0.15, 0.2) is 54.9 Å². The van der Waals surface area contributed by atoms with Crippen LogP contribution in [-0.4, -0.2) is 52.6 Å². The third-order valence-corrected chi connectivity index (χ3v) is 4.96. The zero-order chi connectivity index (χ0) is 19.0. The number of fused-ring (bicyclic) bond motifs is 1. The van der Waals surface area contributed by atoms with Gasteiger partial charge in [0.15, 0.2) is 0 Å². The van der Waals surface area contributed by atoms with Gasteiger partial charge in [-0.05, 0) is 43.3 Å².